The lowest BCUT2D eigenvalue weighted by molar-refractivity contribution is -0.104. The van der Waals surface area contributed by atoms with Gasteiger partial charge in [0.2, 0.25) is 0 Å². The van der Waals surface area contributed by atoms with Crippen LogP contribution in [-0.4, -0.2) is 37.0 Å². The second-order valence-corrected chi connectivity index (χ2v) is 9.03. The first-order chi connectivity index (χ1) is 14.8. The predicted molar refractivity (Wildman–Crippen MR) is 116 cm³/mol. The number of ether oxygens (including phenoxy) is 3. The smallest absolute Gasteiger partial charge is 0.165 e. The molecule has 3 heterocycles. The molecular formula is C25H32N2O3. The minimum atomic E-state index is 0.0689. The first-order valence-corrected chi connectivity index (χ1v) is 11.4. The number of rotatable bonds is 6. The Bertz CT molecular complexity index is 851. The third-order valence-electron chi connectivity index (χ3n) is 7.12. The maximum absolute atomic E-state index is 6.36. The van der Waals surface area contributed by atoms with E-state index >= 15 is 0 Å². The molecule has 0 bridgehead atoms. The second kappa shape index (κ2) is 8.56. The van der Waals surface area contributed by atoms with E-state index in [1.807, 2.05) is 24.4 Å². The topological polar surface area (TPSA) is 52.6 Å². The summed E-state index contributed by atoms with van der Waals surface area (Å²) in [6.07, 6.45) is 10.1. The largest absolute Gasteiger partial charge is 0.486 e. The molecule has 1 aromatic carbocycles. The third kappa shape index (κ3) is 3.93. The van der Waals surface area contributed by atoms with Crippen LogP contribution in [0.2, 0.25) is 0 Å². The number of nitrogens with one attached hydrogen (secondary N) is 1. The van der Waals surface area contributed by atoms with Gasteiger partial charge in [-0.15, -0.1) is 0 Å². The monoisotopic (exact) mass is 408 g/mol. The van der Waals surface area contributed by atoms with Gasteiger partial charge in [-0.05, 0) is 56.8 Å². The highest BCUT2D eigenvalue weighted by atomic mass is 16.6. The van der Waals surface area contributed by atoms with Crippen LogP contribution < -0.4 is 14.8 Å². The van der Waals surface area contributed by atoms with Gasteiger partial charge in [0.05, 0.1) is 5.60 Å². The van der Waals surface area contributed by atoms with E-state index in [1.54, 1.807) is 0 Å². The fourth-order valence-electron chi connectivity index (χ4n) is 5.62. The van der Waals surface area contributed by atoms with Crippen molar-refractivity contribution in [3.8, 4) is 11.5 Å². The molecule has 0 radical (unpaired) electrons. The molecule has 160 valence electrons. The number of aromatic nitrogens is 1. The van der Waals surface area contributed by atoms with Gasteiger partial charge in [-0.3, -0.25) is 4.98 Å². The molecule has 2 aromatic rings. The molecule has 5 heteroatoms. The Morgan fingerprint density at radius 2 is 1.83 bits per heavy atom. The van der Waals surface area contributed by atoms with Gasteiger partial charge in [-0.1, -0.05) is 31.0 Å². The Kier molecular flexibility index (Phi) is 5.66. The molecule has 1 atom stereocenters. The van der Waals surface area contributed by atoms with Crippen LogP contribution in [0.25, 0.3) is 0 Å². The highest BCUT2D eigenvalue weighted by molar-refractivity contribution is 5.47. The molecule has 5 nitrogen and oxygen atoms in total. The van der Waals surface area contributed by atoms with E-state index in [2.05, 4.69) is 23.5 Å². The third-order valence-corrected chi connectivity index (χ3v) is 7.12. The Balaban J connectivity index is 1.28. The molecule has 3 aliphatic rings. The van der Waals surface area contributed by atoms with E-state index < -0.39 is 0 Å². The van der Waals surface area contributed by atoms with Crippen LogP contribution in [0.15, 0.2) is 42.6 Å². The van der Waals surface area contributed by atoms with Gasteiger partial charge in [-0.2, -0.15) is 0 Å². The lowest BCUT2D eigenvalue weighted by Crippen LogP contribution is -2.47. The van der Waals surface area contributed by atoms with E-state index in [4.69, 9.17) is 19.2 Å². The molecule has 1 aliphatic carbocycles. The van der Waals surface area contributed by atoms with Crippen LogP contribution in [0.5, 0.6) is 11.5 Å². The van der Waals surface area contributed by atoms with Crippen LogP contribution in [-0.2, 0) is 16.7 Å². The molecule has 1 spiro atoms. The highest BCUT2D eigenvalue weighted by Gasteiger charge is 2.48. The average Bonchev–Trinajstić information content (AvgIpc) is 3.24. The van der Waals surface area contributed by atoms with Gasteiger partial charge in [-0.25, -0.2) is 0 Å². The SMILES string of the molecule is c1ccc(C2(CCNCc3cccc4c3OCCO4)CCOC3(CCCC3)C2)nc1. The van der Waals surface area contributed by atoms with Crippen molar-refractivity contribution in [1.82, 2.24) is 10.3 Å². The molecule has 2 fully saturated rings. The van der Waals surface area contributed by atoms with E-state index in [-0.39, 0.29) is 11.0 Å². The maximum atomic E-state index is 6.36. The predicted octanol–water partition coefficient (Wildman–Crippen LogP) is 4.39. The summed E-state index contributed by atoms with van der Waals surface area (Å²) >= 11 is 0. The van der Waals surface area contributed by atoms with Crippen molar-refractivity contribution in [2.75, 3.05) is 26.4 Å². The van der Waals surface area contributed by atoms with Crippen LogP contribution in [0.3, 0.4) is 0 Å². The summed E-state index contributed by atoms with van der Waals surface area (Å²) in [6, 6.07) is 12.5. The molecule has 1 N–H and O–H groups in total. The van der Waals surface area contributed by atoms with E-state index in [0.717, 1.165) is 50.5 Å². The molecule has 30 heavy (non-hydrogen) atoms. The van der Waals surface area contributed by atoms with Crippen molar-refractivity contribution in [2.45, 2.75) is 62.5 Å². The second-order valence-electron chi connectivity index (χ2n) is 9.03. The Hall–Kier alpha value is -2.11. The van der Waals surface area contributed by atoms with Crippen molar-refractivity contribution in [2.24, 2.45) is 0 Å². The Morgan fingerprint density at radius 1 is 0.933 bits per heavy atom. The first kappa shape index (κ1) is 19.8. The summed E-state index contributed by atoms with van der Waals surface area (Å²) in [7, 11) is 0. The first-order valence-electron chi connectivity index (χ1n) is 11.4. The fourth-order valence-corrected chi connectivity index (χ4v) is 5.62. The molecule has 1 saturated heterocycles. The average molecular weight is 409 g/mol. The van der Waals surface area contributed by atoms with Crippen LogP contribution in [0, 0.1) is 0 Å². The Morgan fingerprint density at radius 3 is 2.70 bits per heavy atom. The standard InChI is InChI=1S/C25H32N2O3/c1-4-13-27-22(8-1)24(12-15-30-25(19-24)9-2-3-10-25)11-14-26-18-20-6-5-7-21-23(20)29-17-16-28-21/h1,4-8,13,26H,2-3,9-12,14-19H2. The van der Waals surface area contributed by atoms with E-state index in [1.165, 1.54) is 36.9 Å². The summed E-state index contributed by atoms with van der Waals surface area (Å²) in [6.45, 7) is 3.81. The normalized spacial score (nSPS) is 24.8. The molecule has 1 aromatic heterocycles. The highest BCUT2D eigenvalue weighted by Crippen LogP contribution is 2.49. The molecule has 1 unspecified atom stereocenters. The van der Waals surface area contributed by atoms with Crippen LogP contribution >= 0.6 is 0 Å². The lowest BCUT2D eigenvalue weighted by atomic mass is 9.68. The summed E-state index contributed by atoms with van der Waals surface area (Å²) in [5.74, 6) is 1.75. The zero-order chi connectivity index (χ0) is 20.3. The molecule has 1 saturated carbocycles. The summed E-state index contributed by atoms with van der Waals surface area (Å²) in [5.41, 5.74) is 2.56. The van der Waals surface area contributed by atoms with Crippen molar-refractivity contribution >= 4 is 0 Å². The number of para-hydroxylation sites is 1. The van der Waals surface area contributed by atoms with Crippen LogP contribution in [0.1, 0.15) is 56.2 Å². The van der Waals surface area contributed by atoms with Gasteiger partial charge in [0.1, 0.15) is 13.2 Å². The van der Waals surface area contributed by atoms with Gasteiger partial charge >= 0.3 is 0 Å². The number of fused-ring (bicyclic) bond motifs is 1. The number of hydrogen-bond acceptors (Lipinski definition) is 5. The van der Waals surface area contributed by atoms with Gasteiger partial charge in [0, 0.05) is 36.0 Å². The van der Waals surface area contributed by atoms with Crippen molar-refractivity contribution in [3.05, 3.63) is 53.9 Å². The lowest BCUT2D eigenvalue weighted by Gasteiger charge is -2.46. The quantitative estimate of drug-likeness (QED) is 0.719. The van der Waals surface area contributed by atoms with Crippen molar-refractivity contribution in [1.29, 1.82) is 0 Å². The van der Waals surface area contributed by atoms with Crippen molar-refractivity contribution in [3.63, 3.8) is 0 Å². The summed E-state index contributed by atoms with van der Waals surface area (Å²) in [5, 5.41) is 3.67. The Labute approximate surface area is 179 Å². The zero-order valence-electron chi connectivity index (χ0n) is 17.7. The van der Waals surface area contributed by atoms with E-state index in [9.17, 15) is 0 Å². The molecule has 5 rings (SSSR count). The zero-order valence-corrected chi connectivity index (χ0v) is 17.7. The maximum Gasteiger partial charge on any atom is 0.165 e. The van der Waals surface area contributed by atoms with Gasteiger partial charge in [0.15, 0.2) is 11.5 Å². The van der Waals surface area contributed by atoms with Crippen LogP contribution in [0.4, 0.5) is 0 Å². The number of nitrogens with zero attached hydrogens (tertiary/aromatic N) is 1. The number of benzene rings is 1. The minimum Gasteiger partial charge on any atom is -0.486 e. The fraction of sp³-hybridized carbons (Fsp3) is 0.560. The summed E-state index contributed by atoms with van der Waals surface area (Å²) < 4.78 is 17.9. The minimum absolute atomic E-state index is 0.0689. The number of hydrogen-bond donors (Lipinski definition) is 1. The number of pyridine rings is 1. The summed E-state index contributed by atoms with van der Waals surface area (Å²) in [4.78, 5) is 4.80. The van der Waals surface area contributed by atoms with Gasteiger partial charge in [0.25, 0.3) is 0 Å². The van der Waals surface area contributed by atoms with Crippen molar-refractivity contribution < 1.29 is 14.2 Å². The molecular weight excluding hydrogens is 376 g/mol. The van der Waals surface area contributed by atoms with E-state index in [0.29, 0.717) is 13.2 Å². The van der Waals surface area contributed by atoms with Gasteiger partial charge < -0.3 is 19.5 Å². The molecule has 0 amide bonds. The molecule has 2 aliphatic heterocycles.